The molecule has 3 nitrogen and oxygen atoms in total. The normalized spacial score (nSPS) is 11.1. The smallest absolute Gasteiger partial charge is 0.249 e. The Morgan fingerprint density at radius 3 is 2.41 bits per heavy atom. The van der Waals surface area contributed by atoms with Crippen LogP contribution in [0.15, 0.2) is 42.5 Å². The highest BCUT2D eigenvalue weighted by Crippen LogP contribution is 2.15. The molecule has 1 amide bonds. The summed E-state index contributed by atoms with van der Waals surface area (Å²) in [6.07, 6.45) is 3.34. The largest absolute Gasteiger partial charge is 0.307 e. The summed E-state index contributed by atoms with van der Waals surface area (Å²) in [4.78, 5) is 16.2. The summed E-state index contributed by atoms with van der Waals surface area (Å²) in [5, 5.41) is 2.79. The van der Waals surface area contributed by atoms with Crippen molar-refractivity contribution in [3.8, 4) is 0 Å². The lowest BCUT2D eigenvalue weighted by atomic mass is 10.0. The summed E-state index contributed by atoms with van der Waals surface area (Å²) in [6.45, 7) is 8.22. The Bertz CT molecular complexity index is 665. The van der Waals surface area contributed by atoms with Crippen LogP contribution >= 0.6 is 0 Å². The van der Waals surface area contributed by atoms with Crippen LogP contribution in [0.5, 0.6) is 0 Å². The fraction of sp³-hybridized carbons (Fsp3) is 0.263. The van der Waals surface area contributed by atoms with Gasteiger partial charge in [0.05, 0.1) is 0 Å². The van der Waals surface area contributed by atoms with E-state index >= 15 is 0 Å². The van der Waals surface area contributed by atoms with Gasteiger partial charge in [0.2, 0.25) is 5.91 Å². The van der Waals surface area contributed by atoms with Crippen LogP contribution in [0.3, 0.4) is 0 Å². The molecule has 0 radical (unpaired) electrons. The van der Waals surface area contributed by atoms with E-state index in [4.69, 9.17) is 0 Å². The van der Waals surface area contributed by atoms with Crippen molar-refractivity contribution in [1.82, 2.24) is 4.98 Å². The molecular formula is C19H22N2O. The molecule has 22 heavy (non-hydrogen) atoms. The Morgan fingerprint density at radius 2 is 1.82 bits per heavy atom. The first-order valence-electron chi connectivity index (χ1n) is 7.48. The Balaban J connectivity index is 2.01. The first-order chi connectivity index (χ1) is 10.4. The molecule has 0 atom stereocenters. The van der Waals surface area contributed by atoms with Gasteiger partial charge in [0, 0.05) is 11.8 Å². The van der Waals surface area contributed by atoms with Crippen LogP contribution in [0.1, 0.15) is 42.1 Å². The fourth-order valence-corrected chi connectivity index (χ4v) is 2.24. The van der Waals surface area contributed by atoms with Crippen molar-refractivity contribution in [3.05, 3.63) is 64.9 Å². The maximum atomic E-state index is 11.9. The second kappa shape index (κ2) is 7.03. The van der Waals surface area contributed by atoms with Gasteiger partial charge in [0.15, 0.2) is 0 Å². The number of aromatic nitrogens is 1. The van der Waals surface area contributed by atoms with Crippen molar-refractivity contribution >= 4 is 17.8 Å². The molecule has 0 spiro atoms. The van der Waals surface area contributed by atoms with E-state index in [1.54, 1.807) is 0 Å². The summed E-state index contributed by atoms with van der Waals surface area (Å²) in [5.74, 6) is 0.921. The van der Waals surface area contributed by atoms with Gasteiger partial charge in [0.25, 0.3) is 0 Å². The van der Waals surface area contributed by atoms with Crippen LogP contribution in [-0.2, 0) is 4.79 Å². The Kier molecular flexibility index (Phi) is 5.10. The fourth-order valence-electron chi connectivity index (χ4n) is 2.24. The van der Waals surface area contributed by atoms with E-state index in [9.17, 15) is 4.79 Å². The van der Waals surface area contributed by atoms with Crippen LogP contribution in [0.4, 0.5) is 5.82 Å². The minimum Gasteiger partial charge on any atom is -0.307 e. The van der Waals surface area contributed by atoms with Gasteiger partial charge >= 0.3 is 0 Å². The Hall–Kier alpha value is -2.42. The number of hydrogen-bond donors (Lipinski definition) is 1. The molecule has 1 N–H and O–H groups in total. The third-order valence-electron chi connectivity index (χ3n) is 3.38. The molecule has 0 unspecified atom stereocenters. The van der Waals surface area contributed by atoms with E-state index in [-0.39, 0.29) is 5.91 Å². The van der Waals surface area contributed by atoms with Gasteiger partial charge in [-0.25, -0.2) is 4.98 Å². The summed E-state index contributed by atoms with van der Waals surface area (Å²) in [7, 11) is 0. The zero-order valence-corrected chi connectivity index (χ0v) is 13.6. The molecular weight excluding hydrogens is 272 g/mol. The summed E-state index contributed by atoms with van der Waals surface area (Å²) in [6, 6.07) is 12.1. The average Bonchev–Trinajstić information content (AvgIpc) is 2.44. The first-order valence-corrected chi connectivity index (χ1v) is 7.48. The van der Waals surface area contributed by atoms with Crippen molar-refractivity contribution in [3.63, 3.8) is 0 Å². The number of nitrogens with zero attached hydrogens (tertiary/aromatic N) is 1. The van der Waals surface area contributed by atoms with Crippen molar-refractivity contribution in [1.29, 1.82) is 0 Å². The third-order valence-corrected chi connectivity index (χ3v) is 3.38. The highest BCUT2D eigenvalue weighted by atomic mass is 16.1. The number of aryl methyl sites for hydroxylation is 2. The van der Waals surface area contributed by atoms with Crippen molar-refractivity contribution < 1.29 is 4.79 Å². The van der Waals surface area contributed by atoms with E-state index in [1.165, 1.54) is 11.6 Å². The Morgan fingerprint density at radius 1 is 1.14 bits per heavy atom. The molecule has 2 rings (SSSR count). The molecule has 0 fully saturated rings. The van der Waals surface area contributed by atoms with Gasteiger partial charge in [0.1, 0.15) is 5.82 Å². The quantitative estimate of drug-likeness (QED) is 0.845. The van der Waals surface area contributed by atoms with Crippen LogP contribution in [0, 0.1) is 13.8 Å². The van der Waals surface area contributed by atoms with Crippen molar-refractivity contribution in [2.24, 2.45) is 0 Å². The van der Waals surface area contributed by atoms with Crippen molar-refractivity contribution in [2.45, 2.75) is 33.6 Å². The molecule has 0 saturated heterocycles. The lowest BCUT2D eigenvalue weighted by Gasteiger charge is -2.05. The maximum Gasteiger partial charge on any atom is 0.249 e. The maximum absolute atomic E-state index is 11.9. The number of anilines is 1. The number of pyridine rings is 1. The number of benzene rings is 1. The first kappa shape index (κ1) is 16.0. The summed E-state index contributed by atoms with van der Waals surface area (Å²) < 4.78 is 0. The van der Waals surface area contributed by atoms with Gasteiger partial charge < -0.3 is 5.32 Å². The molecule has 0 bridgehead atoms. The predicted molar refractivity (Wildman–Crippen MR) is 91.9 cm³/mol. The zero-order chi connectivity index (χ0) is 16.1. The number of amides is 1. The lowest BCUT2D eigenvalue weighted by Crippen LogP contribution is -2.09. The minimum atomic E-state index is -0.176. The highest BCUT2D eigenvalue weighted by Gasteiger charge is 2.01. The van der Waals surface area contributed by atoms with E-state index in [1.807, 2.05) is 44.2 Å². The number of rotatable bonds is 4. The third kappa shape index (κ3) is 4.55. The van der Waals surface area contributed by atoms with E-state index in [0.717, 1.165) is 16.8 Å². The van der Waals surface area contributed by atoms with E-state index < -0.39 is 0 Å². The van der Waals surface area contributed by atoms with Crippen LogP contribution in [0.2, 0.25) is 0 Å². The molecule has 0 aliphatic carbocycles. The lowest BCUT2D eigenvalue weighted by molar-refractivity contribution is -0.111. The second-order valence-corrected chi connectivity index (χ2v) is 5.82. The second-order valence-electron chi connectivity index (χ2n) is 5.82. The summed E-state index contributed by atoms with van der Waals surface area (Å²) >= 11 is 0. The van der Waals surface area contributed by atoms with Crippen molar-refractivity contribution in [2.75, 3.05) is 5.32 Å². The monoisotopic (exact) mass is 294 g/mol. The number of hydrogen-bond acceptors (Lipinski definition) is 2. The molecule has 0 aliphatic heterocycles. The highest BCUT2D eigenvalue weighted by molar-refractivity contribution is 6.01. The zero-order valence-electron chi connectivity index (χ0n) is 13.6. The molecule has 2 aromatic rings. The Labute approximate surface area is 132 Å². The van der Waals surface area contributed by atoms with Gasteiger partial charge in [-0.15, -0.1) is 0 Å². The SMILES string of the molecule is Cc1cc(C)nc(NC(=O)C=Cc2ccc(C(C)C)cc2)c1. The molecule has 1 aromatic carbocycles. The molecule has 0 aliphatic rings. The van der Waals surface area contributed by atoms with Crippen LogP contribution in [-0.4, -0.2) is 10.9 Å². The van der Waals surface area contributed by atoms with Gasteiger partial charge in [-0.05, 0) is 54.7 Å². The topological polar surface area (TPSA) is 42.0 Å². The van der Waals surface area contributed by atoms with Crippen LogP contribution < -0.4 is 5.32 Å². The number of nitrogens with one attached hydrogen (secondary N) is 1. The molecule has 1 aromatic heterocycles. The molecule has 114 valence electrons. The van der Waals surface area contributed by atoms with Gasteiger partial charge in [-0.2, -0.15) is 0 Å². The van der Waals surface area contributed by atoms with Crippen LogP contribution in [0.25, 0.3) is 6.08 Å². The number of carbonyl (C=O) groups is 1. The standard InChI is InChI=1S/C19H22N2O/c1-13(2)17-8-5-16(6-9-17)7-10-19(22)21-18-12-14(3)11-15(4)20-18/h5-13H,1-4H3,(H,20,21,22). The summed E-state index contributed by atoms with van der Waals surface area (Å²) in [5.41, 5.74) is 4.27. The number of carbonyl (C=O) groups excluding carboxylic acids is 1. The van der Waals surface area contributed by atoms with Gasteiger partial charge in [-0.1, -0.05) is 38.1 Å². The van der Waals surface area contributed by atoms with Gasteiger partial charge in [-0.3, -0.25) is 4.79 Å². The van der Waals surface area contributed by atoms with E-state index in [2.05, 4.69) is 36.3 Å². The molecule has 1 heterocycles. The minimum absolute atomic E-state index is 0.176. The predicted octanol–water partition coefficient (Wildman–Crippen LogP) is 4.47. The molecule has 3 heteroatoms. The van der Waals surface area contributed by atoms with E-state index in [0.29, 0.717) is 11.7 Å². The molecule has 0 saturated carbocycles. The average molecular weight is 294 g/mol.